The quantitative estimate of drug-likeness (QED) is 0.751. The molecule has 0 unspecified atom stereocenters. The summed E-state index contributed by atoms with van der Waals surface area (Å²) in [6.07, 6.45) is 3.10. The van der Waals surface area contributed by atoms with Gasteiger partial charge in [-0.05, 0) is 14.0 Å². The number of rotatable bonds is 5. The van der Waals surface area contributed by atoms with Gasteiger partial charge in [0.25, 0.3) is 10.0 Å². The Balaban J connectivity index is 2.27. The van der Waals surface area contributed by atoms with E-state index in [1.165, 1.54) is 17.5 Å². The minimum absolute atomic E-state index is 0.0599. The third-order valence-corrected chi connectivity index (χ3v) is 4.47. The van der Waals surface area contributed by atoms with Crippen LogP contribution in [0.3, 0.4) is 0 Å². The van der Waals surface area contributed by atoms with E-state index in [4.69, 9.17) is 0 Å². The Morgan fingerprint density at radius 1 is 1.44 bits per heavy atom. The monoisotopic (exact) mass is 287 g/mol. The summed E-state index contributed by atoms with van der Waals surface area (Å²) >= 11 is 1.28. The van der Waals surface area contributed by atoms with Crippen molar-refractivity contribution in [1.29, 1.82) is 0 Å². The third kappa shape index (κ3) is 2.68. The fourth-order valence-electron chi connectivity index (χ4n) is 1.42. The highest BCUT2D eigenvalue weighted by molar-refractivity contribution is 7.92. The van der Waals surface area contributed by atoms with E-state index in [1.54, 1.807) is 13.2 Å². The number of anilines is 1. The molecule has 0 atom stereocenters. The van der Waals surface area contributed by atoms with Crippen molar-refractivity contribution in [3.8, 4) is 0 Å². The molecular weight excluding hydrogens is 274 g/mol. The van der Waals surface area contributed by atoms with Crippen LogP contribution in [-0.4, -0.2) is 30.6 Å². The number of nitrogens with one attached hydrogen (secondary N) is 3. The number of H-pyrrole nitrogens is 1. The summed E-state index contributed by atoms with van der Waals surface area (Å²) in [6, 6.07) is 0. The lowest BCUT2D eigenvalue weighted by molar-refractivity contribution is 0.595. The highest BCUT2D eigenvalue weighted by Crippen LogP contribution is 2.21. The molecule has 0 amide bonds. The van der Waals surface area contributed by atoms with Crippen LogP contribution < -0.4 is 10.0 Å². The minimum Gasteiger partial charge on any atom is -0.316 e. The summed E-state index contributed by atoms with van der Waals surface area (Å²) < 4.78 is 26.7. The van der Waals surface area contributed by atoms with E-state index < -0.39 is 10.0 Å². The summed E-state index contributed by atoms with van der Waals surface area (Å²) in [6.45, 7) is 2.28. The summed E-state index contributed by atoms with van der Waals surface area (Å²) in [5.74, 6) is 0. The molecule has 0 saturated carbocycles. The molecule has 0 radical (unpaired) electrons. The van der Waals surface area contributed by atoms with Gasteiger partial charge < -0.3 is 5.32 Å². The second-order valence-electron chi connectivity index (χ2n) is 3.64. The molecule has 3 N–H and O–H groups in total. The fraction of sp³-hybridized carbons (Fsp3) is 0.333. The number of sulfonamides is 1. The summed E-state index contributed by atoms with van der Waals surface area (Å²) in [4.78, 5) is 4.90. The lowest BCUT2D eigenvalue weighted by atomic mass is 10.4. The van der Waals surface area contributed by atoms with Crippen molar-refractivity contribution in [2.24, 2.45) is 0 Å². The molecule has 0 fully saturated rings. The molecule has 2 rings (SSSR count). The average Bonchev–Trinajstić information content (AvgIpc) is 2.88. The predicted octanol–water partition coefficient (Wildman–Crippen LogP) is 0.695. The largest absolute Gasteiger partial charge is 0.316 e. The van der Waals surface area contributed by atoms with Crippen LogP contribution in [0.15, 0.2) is 17.4 Å². The second-order valence-corrected chi connectivity index (χ2v) is 6.49. The molecule has 0 saturated heterocycles. The maximum Gasteiger partial charge on any atom is 0.280 e. The lowest BCUT2D eigenvalue weighted by Gasteiger charge is -2.05. The minimum atomic E-state index is -3.67. The zero-order chi connectivity index (χ0) is 13.2. The van der Waals surface area contributed by atoms with Crippen LogP contribution in [0.5, 0.6) is 0 Å². The fourth-order valence-corrected chi connectivity index (χ4v) is 3.46. The van der Waals surface area contributed by atoms with E-state index in [0.29, 0.717) is 17.2 Å². The highest BCUT2D eigenvalue weighted by atomic mass is 32.2. The average molecular weight is 287 g/mol. The topological polar surface area (TPSA) is 99.8 Å². The molecule has 98 valence electrons. The molecule has 0 aliphatic rings. The number of aryl methyl sites for hydroxylation is 1. The molecule has 2 aromatic heterocycles. The number of thiazole rings is 1. The van der Waals surface area contributed by atoms with Gasteiger partial charge >= 0.3 is 0 Å². The van der Waals surface area contributed by atoms with Crippen LogP contribution in [0.25, 0.3) is 0 Å². The Morgan fingerprint density at radius 3 is 2.83 bits per heavy atom. The van der Waals surface area contributed by atoms with Crippen LogP contribution in [-0.2, 0) is 16.6 Å². The first-order valence-electron chi connectivity index (χ1n) is 5.15. The van der Waals surface area contributed by atoms with Gasteiger partial charge in [-0.1, -0.05) is 0 Å². The number of hydrogen-bond donors (Lipinski definition) is 3. The van der Waals surface area contributed by atoms with E-state index in [9.17, 15) is 8.42 Å². The van der Waals surface area contributed by atoms with Crippen molar-refractivity contribution >= 4 is 26.5 Å². The van der Waals surface area contributed by atoms with Gasteiger partial charge in [-0.2, -0.15) is 13.5 Å². The van der Waals surface area contributed by atoms with Crippen molar-refractivity contribution in [3.05, 3.63) is 22.8 Å². The van der Waals surface area contributed by atoms with Gasteiger partial charge in [0.15, 0.2) is 10.2 Å². The zero-order valence-electron chi connectivity index (χ0n) is 9.89. The van der Waals surface area contributed by atoms with E-state index in [2.05, 4.69) is 25.2 Å². The number of nitrogens with zero attached hydrogens (tertiary/aromatic N) is 2. The molecule has 0 spiro atoms. The molecular formula is C9H13N5O2S2. The van der Waals surface area contributed by atoms with Crippen LogP contribution in [0.2, 0.25) is 0 Å². The summed E-state index contributed by atoms with van der Waals surface area (Å²) in [7, 11) is -1.93. The first-order valence-corrected chi connectivity index (χ1v) is 7.45. The summed E-state index contributed by atoms with van der Waals surface area (Å²) in [5, 5.41) is 9.54. The molecule has 0 bridgehead atoms. The SMILES string of the molecule is CNCc1cn[nH]c1S(=O)(=O)Nc1ncc(C)s1. The van der Waals surface area contributed by atoms with Gasteiger partial charge in [-0.3, -0.25) is 9.82 Å². The summed E-state index contributed by atoms with van der Waals surface area (Å²) in [5.41, 5.74) is 0.582. The maximum atomic E-state index is 12.1. The Morgan fingerprint density at radius 2 is 2.22 bits per heavy atom. The van der Waals surface area contributed by atoms with Gasteiger partial charge in [0.1, 0.15) is 0 Å². The molecule has 7 nitrogen and oxygen atoms in total. The van der Waals surface area contributed by atoms with Crippen molar-refractivity contribution < 1.29 is 8.42 Å². The molecule has 2 aromatic rings. The molecule has 9 heteroatoms. The Labute approximate surface area is 109 Å². The van der Waals surface area contributed by atoms with Gasteiger partial charge in [0, 0.05) is 23.2 Å². The Kier molecular flexibility index (Phi) is 3.64. The van der Waals surface area contributed by atoms with Crippen LogP contribution in [0.1, 0.15) is 10.4 Å². The first kappa shape index (κ1) is 13.0. The number of aromatic amines is 1. The van der Waals surface area contributed by atoms with Crippen LogP contribution >= 0.6 is 11.3 Å². The highest BCUT2D eigenvalue weighted by Gasteiger charge is 2.21. The molecule has 18 heavy (non-hydrogen) atoms. The maximum absolute atomic E-state index is 12.1. The van der Waals surface area contributed by atoms with Gasteiger partial charge in [-0.25, -0.2) is 4.98 Å². The first-order chi connectivity index (χ1) is 8.53. The van der Waals surface area contributed by atoms with Crippen molar-refractivity contribution in [2.45, 2.75) is 18.5 Å². The predicted molar refractivity (Wildman–Crippen MR) is 69.0 cm³/mol. The van der Waals surface area contributed by atoms with Crippen molar-refractivity contribution in [3.63, 3.8) is 0 Å². The van der Waals surface area contributed by atoms with E-state index >= 15 is 0 Å². The smallest absolute Gasteiger partial charge is 0.280 e. The van der Waals surface area contributed by atoms with Crippen molar-refractivity contribution in [1.82, 2.24) is 20.5 Å². The van der Waals surface area contributed by atoms with Crippen LogP contribution in [0, 0.1) is 6.92 Å². The third-order valence-electron chi connectivity index (χ3n) is 2.16. The lowest BCUT2D eigenvalue weighted by Crippen LogP contribution is -2.17. The van der Waals surface area contributed by atoms with Gasteiger partial charge in [0.2, 0.25) is 0 Å². The molecule has 0 aliphatic carbocycles. The van der Waals surface area contributed by atoms with Gasteiger partial charge in [0.05, 0.1) is 6.20 Å². The van der Waals surface area contributed by atoms with E-state index in [0.717, 1.165) is 4.88 Å². The van der Waals surface area contributed by atoms with Gasteiger partial charge in [-0.15, -0.1) is 11.3 Å². The number of aromatic nitrogens is 3. The molecule has 0 aliphatic heterocycles. The standard InChI is InChI=1S/C9H13N5O2S2/c1-6-3-11-9(17-6)14-18(15,16)8-7(4-10-2)5-12-13-8/h3,5,10H,4H2,1-2H3,(H,11,14)(H,12,13). The molecule has 2 heterocycles. The van der Waals surface area contributed by atoms with E-state index in [-0.39, 0.29) is 5.03 Å². The van der Waals surface area contributed by atoms with Crippen LogP contribution in [0.4, 0.5) is 5.13 Å². The molecule has 0 aromatic carbocycles. The Bertz CT molecular complexity index is 631. The van der Waals surface area contributed by atoms with E-state index in [1.807, 2.05) is 6.92 Å². The normalized spacial score (nSPS) is 11.7. The Hall–Kier alpha value is -1.45. The number of hydrogen-bond acceptors (Lipinski definition) is 6. The zero-order valence-corrected chi connectivity index (χ0v) is 11.5. The van der Waals surface area contributed by atoms with Crippen molar-refractivity contribution in [2.75, 3.05) is 11.8 Å². The second kappa shape index (κ2) is 5.04.